The van der Waals surface area contributed by atoms with Gasteiger partial charge in [0.2, 0.25) is 10.0 Å². The van der Waals surface area contributed by atoms with Crippen molar-refractivity contribution in [2.45, 2.75) is 23.8 Å². The monoisotopic (exact) mass is 343 g/mol. The van der Waals surface area contributed by atoms with E-state index in [4.69, 9.17) is 0 Å². The molecule has 7 nitrogen and oxygen atoms in total. The molecule has 1 saturated heterocycles. The molecule has 0 N–H and O–H groups in total. The predicted octanol–water partition coefficient (Wildman–Crippen LogP) is 1.85. The molecule has 24 heavy (non-hydrogen) atoms. The van der Waals surface area contributed by atoms with Crippen molar-refractivity contribution in [3.05, 3.63) is 48.9 Å². The Hall–Kier alpha value is -2.32. The van der Waals surface area contributed by atoms with Gasteiger partial charge in [0.15, 0.2) is 0 Å². The van der Waals surface area contributed by atoms with Gasteiger partial charge in [-0.25, -0.2) is 13.1 Å². The summed E-state index contributed by atoms with van der Waals surface area (Å²) in [5.41, 5.74) is 0.526. The molecule has 3 heterocycles. The number of hydrogen-bond acceptors (Lipinski definition) is 5. The summed E-state index contributed by atoms with van der Waals surface area (Å²) in [5, 5.41) is 8.66. The molecule has 1 aliphatic heterocycles. The second-order valence-corrected chi connectivity index (χ2v) is 7.76. The van der Waals surface area contributed by atoms with Crippen LogP contribution in [0.25, 0.3) is 10.9 Å². The van der Waals surface area contributed by atoms with E-state index in [1.165, 1.54) is 0 Å². The number of pyridine rings is 1. The molecule has 3 aromatic rings. The number of fused-ring (bicyclic) bond motifs is 1. The van der Waals surface area contributed by atoms with Crippen molar-refractivity contribution in [2.24, 2.45) is 0 Å². The summed E-state index contributed by atoms with van der Waals surface area (Å²) >= 11 is 0. The van der Waals surface area contributed by atoms with Crippen molar-refractivity contribution in [3.8, 4) is 0 Å². The number of benzene rings is 1. The van der Waals surface area contributed by atoms with Crippen molar-refractivity contribution in [2.75, 3.05) is 13.1 Å². The highest BCUT2D eigenvalue weighted by Crippen LogP contribution is 2.29. The van der Waals surface area contributed by atoms with Gasteiger partial charge in [0, 0.05) is 30.9 Å². The fourth-order valence-corrected chi connectivity index (χ4v) is 4.82. The van der Waals surface area contributed by atoms with Crippen molar-refractivity contribution in [1.82, 2.24) is 24.3 Å². The Morgan fingerprint density at radius 3 is 2.58 bits per heavy atom. The molecule has 1 fully saturated rings. The third-order valence-corrected chi connectivity index (χ3v) is 6.38. The fourth-order valence-electron chi connectivity index (χ4n) is 3.18. The predicted molar refractivity (Wildman–Crippen MR) is 88.8 cm³/mol. The van der Waals surface area contributed by atoms with Crippen LogP contribution in [-0.4, -0.2) is 45.8 Å². The molecule has 0 radical (unpaired) electrons. The highest BCUT2D eigenvalue weighted by molar-refractivity contribution is 7.89. The van der Waals surface area contributed by atoms with Crippen LogP contribution in [0.1, 0.15) is 18.9 Å². The van der Waals surface area contributed by atoms with Crippen LogP contribution in [0.3, 0.4) is 0 Å². The van der Waals surface area contributed by atoms with E-state index in [1.807, 2.05) is 29.1 Å². The molecule has 0 aliphatic carbocycles. The molecule has 0 amide bonds. The van der Waals surface area contributed by atoms with Gasteiger partial charge in [-0.05, 0) is 25.0 Å². The zero-order chi connectivity index (χ0) is 16.6. The zero-order valence-electron chi connectivity index (χ0n) is 13.0. The zero-order valence-corrected chi connectivity index (χ0v) is 13.8. The molecule has 0 unspecified atom stereocenters. The Balaban J connectivity index is 1.62. The van der Waals surface area contributed by atoms with Crippen LogP contribution in [-0.2, 0) is 10.0 Å². The van der Waals surface area contributed by atoms with Crippen molar-refractivity contribution in [3.63, 3.8) is 0 Å². The number of para-hydroxylation sites is 1. The second-order valence-electron chi connectivity index (χ2n) is 5.85. The lowest BCUT2D eigenvalue weighted by molar-refractivity contribution is 0.258. The molecular weight excluding hydrogens is 326 g/mol. The smallest absolute Gasteiger partial charge is 0.245 e. The molecule has 124 valence electrons. The SMILES string of the molecule is O=S(=O)(c1cccc2cccnc12)N1CCC(n2ccnn2)CC1. The first kappa shape index (κ1) is 15.2. The van der Waals surface area contributed by atoms with E-state index in [2.05, 4.69) is 15.3 Å². The van der Waals surface area contributed by atoms with Crippen molar-refractivity contribution < 1.29 is 8.42 Å². The number of nitrogens with zero attached hydrogens (tertiary/aromatic N) is 5. The van der Waals surface area contributed by atoms with Crippen molar-refractivity contribution in [1.29, 1.82) is 0 Å². The average molecular weight is 343 g/mol. The van der Waals surface area contributed by atoms with Crippen LogP contribution in [0.5, 0.6) is 0 Å². The minimum absolute atomic E-state index is 0.199. The van der Waals surface area contributed by atoms with Gasteiger partial charge in [0.05, 0.1) is 17.8 Å². The Morgan fingerprint density at radius 2 is 1.83 bits per heavy atom. The Kier molecular flexibility index (Phi) is 3.78. The van der Waals surface area contributed by atoms with Gasteiger partial charge in [-0.1, -0.05) is 23.4 Å². The topological polar surface area (TPSA) is 81.0 Å². The molecular formula is C16H17N5O2S. The molecule has 0 spiro atoms. The van der Waals surface area contributed by atoms with Gasteiger partial charge in [-0.15, -0.1) is 5.10 Å². The Labute approximate surface area is 140 Å². The Morgan fingerprint density at radius 1 is 1.04 bits per heavy atom. The maximum absolute atomic E-state index is 13.0. The summed E-state index contributed by atoms with van der Waals surface area (Å²) in [6.07, 6.45) is 6.54. The standard InChI is InChI=1S/C16H17N5O2S/c22-24(23,15-5-1-3-13-4-2-8-17-16(13)15)20-10-6-14(7-11-20)21-12-9-18-19-21/h1-5,8-9,12,14H,6-7,10-11H2. The number of aromatic nitrogens is 4. The van der Waals surface area contributed by atoms with Gasteiger partial charge in [-0.3, -0.25) is 4.98 Å². The molecule has 0 bridgehead atoms. The molecule has 0 saturated carbocycles. The molecule has 2 aromatic heterocycles. The number of hydrogen-bond donors (Lipinski definition) is 0. The van der Waals surface area contributed by atoms with E-state index in [9.17, 15) is 8.42 Å². The third kappa shape index (κ3) is 2.57. The first-order valence-corrected chi connectivity index (χ1v) is 9.30. The van der Waals surface area contributed by atoms with Gasteiger partial charge >= 0.3 is 0 Å². The molecule has 4 rings (SSSR count). The lowest BCUT2D eigenvalue weighted by Gasteiger charge is -2.31. The molecule has 8 heteroatoms. The summed E-state index contributed by atoms with van der Waals surface area (Å²) in [4.78, 5) is 4.55. The van der Waals surface area contributed by atoms with Gasteiger partial charge in [-0.2, -0.15) is 4.31 Å². The van der Waals surface area contributed by atoms with E-state index in [0.29, 0.717) is 18.6 Å². The van der Waals surface area contributed by atoms with E-state index in [-0.39, 0.29) is 10.9 Å². The van der Waals surface area contributed by atoms with Gasteiger partial charge in [0.25, 0.3) is 0 Å². The highest BCUT2D eigenvalue weighted by atomic mass is 32.2. The van der Waals surface area contributed by atoms with Crippen LogP contribution < -0.4 is 0 Å². The quantitative estimate of drug-likeness (QED) is 0.725. The number of rotatable bonds is 3. The van der Waals surface area contributed by atoms with E-state index >= 15 is 0 Å². The van der Waals surface area contributed by atoms with Crippen LogP contribution in [0.2, 0.25) is 0 Å². The highest BCUT2D eigenvalue weighted by Gasteiger charge is 2.31. The third-order valence-electron chi connectivity index (χ3n) is 4.45. The minimum atomic E-state index is -3.56. The number of sulfonamides is 1. The molecule has 0 atom stereocenters. The van der Waals surface area contributed by atoms with Crippen LogP contribution in [0, 0.1) is 0 Å². The van der Waals surface area contributed by atoms with Crippen LogP contribution >= 0.6 is 0 Å². The fraction of sp³-hybridized carbons (Fsp3) is 0.312. The normalized spacial score (nSPS) is 17.3. The van der Waals surface area contributed by atoms with E-state index in [0.717, 1.165) is 18.2 Å². The minimum Gasteiger partial charge on any atom is -0.255 e. The summed E-state index contributed by atoms with van der Waals surface area (Å²) < 4.78 is 29.4. The van der Waals surface area contributed by atoms with Gasteiger partial charge < -0.3 is 0 Å². The maximum Gasteiger partial charge on any atom is 0.245 e. The van der Waals surface area contributed by atoms with Crippen LogP contribution in [0.15, 0.2) is 53.8 Å². The summed E-state index contributed by atoms with van der Waals surface area (Å²) in [7, 11) is -3.56. The molecule has 1 aromatic carbocycles. The largest absolute Gasteiger partial charge is 0.255 e. The lowest BCUT2D eigenvalue weighted by atomic mass is 10.1. The Bertz CT molecular complexity index is 942. The summed E-state index contributed by atoms with van der Waals surface area (Å²) in [6, 6.07) is 9.15. The van der Waals surface area contributed by atoms with E-state index < -0.39 is 10.0 Å². The first-order valence-electron chi connectivity index (χ1n) is 7.86. The van der Waals surface area contributed by atoms with Crippen molar-refractivity contribution >= 4 is 20.9 Å². The second kappa shape index (κ2) is 5.95. The maximum atomic E-state index is 13.0. The summed E-state index contributed by atoms with van der Waals surface area (Å²) in [6.45, 7) is 0.937. The molecule has 1 aliphatic rings. The lowest BCUT2D eigenvalue weighted by Crippen LogP contribution is -2.39. The van der Waals surface area contributed by atoms with Crippen LogP contribution in [0.4, 0.5) is 0 Å². The van der Waals surface area contributed by atoms with E-state index in [1.54, 1.807) is 28.8 Å². The number of piperidine rings is 1. The van der Waals surface area contributed by atoms with Gasteiger partial charge in [0.1, 0.15) is 4.90 Å². The summed E-state index contributed by atoms with van der Waals surface area (Å²) in [5.74, 6) is 0. The average Bonchev–Trinajstić information content (AvgIpc) is 3.16. The first-order chi connectivity index (χ1) is 11.7.